The zero-order valence-electron chi connectivity index (χ0n) is 10.5. The van der Waals surface area contributed by atoms with Crippen LogP contribution in [-0.2, 0) is 13.2 Å². The van der Waals surface area contributed by atoms with Crippen molar-refractivity contribution >= 4 is 15.9 Å². The monoisotopic (exact) mass is 324 g/mol. The Morgan fingerprint density at radius 1 is 1.21 bits per heavy atom. The van der Waals surface area contributed by atoms with Crippen LogP contribution in [0.2, 0.25) is 0 Å². The molecule has 0 bridgehead atoms. The van der Waals surface area contributed by atoms with E-state index in [0.717, 1.165) is 21.2 Å². The zero-order valence-corrected chi connectivity index (χ0v) is 12.1. The zero-order chi connectivity index (χ0) is 13.8. The van der Waals surface area contributed by atoms with Crippen LogP contribution in [0.3, 0.4) is 0 Å². The van der Waals surface area contributed by atoms with Crippen molar-refractivity contribution in [2.24, 2.45) is 0 Å². The summed E-state index contributed by atoms with van der Waals surface area (Å²) in [7, 11) is 0. The molecule has 100 valence electrons. The van der Waals surface area contributed by atoms with Crippen LogP contribution < -0.4 is 4.74 Å². The van der Waals surface area contributed by atoms with Gasteiger partial charge in [0.1, 0.15) is 18.2 Å². The van der Waals surface area contributed by atoms with Gasteiger partial charge in [0.2, 0.25) is 0 Å². The first kappa shape index (κ1) is 14.0. The predicted octanol–water partition coefficient (Wildman–Crippen LogP) is 3.97. The summed E-state index contributed by atoms with van der Waals surface area (Å²) in [6.07, 6.45) is 0. The lowest BCUT2D eigenvalue weighted by Gasteiger charge is -2.13. The second-order valence-electron chi connectivity index (χ2n) is 4.28. The molecule has 0 saturated carbocycles. The number of rotatable bonds is 4. The van der Waals surface area contributed by atoms with Crippen molar-refractivity contribution in [3.63, 3.8) is 0 Å². The molecule has 0 atom stereocenters. The first-order valence-electron chi connectivity index (χ1n) is 5.87. The van der Waals surface area contributed by atoms with E-state index in [0.29, 0.717) is 12.4 Å². The van der Waals surface area contributed by atoms with Crippen LogP contribution in [0, 0.1) is 12.7 Å². The van der Waals surface area contributed by atoms with Gasteiger partial charge in [-0.15, -0.1) is 0 Å². The Morgan fingerprint density at radius 2 is 1.89 bits per heavy atom. The summed E-state index contributed by atoms with van der Waals surface area (Å²) >= 11 is 3.38. The van der Waals surface area contributed by atoms with E-state index in [1.165, 1.54) is 12.1 Å². The molecule has 4 heteroatoms. The maximum absolute atomic E-state index is 12.8. The number of aryl methyl sites for hydroxylation is 1. The smallest absolute Gasteiger partial charge is 0.128 e. The summed E-state index contributed by atoms with van der Waals surface area (Å²) < 4.78 is 19.4. The van der Waals surface area contributed by atoms with Gasteiger partial charge >= 0.3 is 0 Å². The van der Waals surface area contributed by atoms with Gasteiger partial charge in [0.05, 0.1) is 6.61 Å². The Bertz CT molecular complexity index is 567. The van der Waals surface area contributed by atoms with E-state index in [4.69, 9.17) is 4.74 Å². The predicted molar refractivity (Wildman–Crippen MR) is 75.5 cm³/mol. The minimum absolute atomic E-state index is 0.0843. The standard InChI is InChI=1S/C15H14BrFO2/c1-10-6-13(16)7-12(8-18)15(10)19-9-11-2-4-14(17)5-3-11/h2-7,18H,8-9H2,1H3. The summed E-state index contributed by atoms with van der Waals surface area (Å²) in [6, 6.07) is 9.93. The molecule has 0 heterocycles. The molecule has 2 nitrogen and oxygen atoms in total. The number of aliphatic hydroxyl groups is 1. The van der Waals surface area contributed by atoms with Gasteiger partial charge in [0, 0.05) is 10.0 Å². The lowest BCUT2D eigenvalue weighted by Crippen LogP contribution is -2.01. The van der Waals surface area contributed by atoms with Crippen molar-refractivity contribution in [1.82, 2.24) is 0 Å². The average molecular weight is 325 g/mol. The first-order valence-corrected chi connectivity index (χ1v) is 6.66. The SMILES string of the molecule is Cc1cc(Br)cc(CO)c1OCc1ccc(F)cc1. The van der Waals surface area contributed by atoms with Crippen molar-refractivity contribution in [3.8, 4) is 5.75 Å². The highest BCUT2D eigenvalue weighted by Gasteiger charge is 2.08. The normalized spacial score (nSPS) is 10.5. The summed E-state index contributed by atoms with van der Waals surface area (Å²) in [4.78, 5) is 0. The molecule has 0 spiro atoms. The van der Waals surface area contributed by atoms with Crippen LogP contribution in [-0.4, -0.2) is 5.11 Å². The Morgan fingerprint density at radius 3 is 2.53 bits per heavy atom. The van der Waals surface area contributed by atoms with Gasteiger partial charge in [-0.1, -0.05) is 28.1 Å². The van der Waals surface area contributed by atoms with Crippen LogP contribution in [0.5, 0.6) is 5.75 Å². The van der Waals surface area contributed by atoms with Crippen LogP contribution in [0.15, 0.2) is 40.9 Å². The number of aliphatic hydroxyl groups excluding tert-OH is 1. The van der Waals surface area contributed by atoms with Gasteiger partial charge in [0.25, 0.3) is 0 Å². The van der Waals surface area contributed by atoms with Crippen LogP contribution in [0.25, 0.3) is 0 Å². The van der Waals surface area contributed by atoms with Gasteiger partial charge in [-0.3, -0.25) is 0 Å². The lowest BCUT2D eigenvalue weighted by molar-refractivity contribution is 0.258. The molecule has 2 aromatic carbocycles. The van der Waals surface area contributed by atoms with Crippen LogP contribution >= 0.6 is 15.9 Å². The van der Waals surface area contributed by atoms with Gasteiger partial charge in [0.15, 0.2) is 0 Å². The van der Waals surface area contributed by atoms with Crippen molar-refractivity contribution in [3.05, 3.63) is 63.4 Å². The van der Waals surface area contributed by atoms with Crippen molar-refractivity contribution in [2.45, 2.75) is 20.1 Å². The van der Waals surface area contributed by atoms with Gasteiger partial charge in [-0.2, -0.15) is 0 Å². The van der Waals surface area contributed by atoms with E-state index in [9.17, 15) is 9.50 Å². The van der Waals surface area contributed by atoms with E-state index in [-0.39, 0.29) is 12.4 Å². The van der Waals surface area contributed by atoms with Crippen molar-refractivity contribution < 1.29 is 14.2 Å². The van der Waals surface area contributed by atoms with Gasteiger partial charge < -0.3 is 9.84 Å². The van der Waals surface area contributed by atoms with Gasteiger partial charge in [-0.25, -0.2) is 4.39 Å². The molecule has 0 saturated heterocycles. The quantitative estimate of drug-likeness (QED) is 0.922. The molecule has 2 aromatic rings. The highest BCUT2D eigenvalue weighted by Crippen LogP contribution is 2.28. The first-order chi connectivity index (χ1) is 9.10. The molecule has 2 rings (SSSR count). The number of benzene rings is 2. The Labute approximate surface area is 120 Å². The fourth-order valence-corrected chi connectivity index (χ4v) is 2.48. The second-order valence-corrected chi connectivity index (χ2v) is 5.20. The highest BCUT2D eigenvalue weighted by molar-refractivity contribution is 9.10. The maximum atomic E-state index is 12.8. The summed E-state index contributed by atoms with van der Waals surface area (Å²) in [5.41, 5.74) is 2.56. The van der Waals surface area contributed by atoms with E-state index < -0.39 is 0 Å². The van der Waals surface area contributed by atoms with Gasteiger partial charge in [-0.05, 0) is 42.3 Å². The van der Waals surface area contributed by atoms with E-state index in [1.807, 2.05) is 19.1 Å². The second kappa shape index (κ2) is 6.17. The average Bonchev–Trinajstić information content (AvgIpc) is 2.39. The molecule has 0 unspecified atom stereocenters. The molecule has 0 amide bonds. The molecule has 0 aliphatic heterocycles. The Kier molecular flexibility index (Phi) is 4.56. The largest absolute Gasteiger partial charge is 0.488 e. The molecule has 1 N–H and O–H groups in total. The van der Waals surface area contributed by atoms with Crippen LogP contribution in [0.4, 0.5) is 4.39 Å². The van der Waals surface area contributed by atoms with E-state index in [1.54, 1.807) is 12.1 Å². The third-order valence-corrected chi connectivity index (χ3v) is 3.24. The van der Waals surface area contributed by atoms with Crippen molar-refractivity contribution in [2.75, 3.05) is 0 Å². The Hall–Kier alpha value is -1.39. The molecule has 19 heavy (non-hydrogen) atoms. The van der Waals surface area contributed by atoms with E-state index in [2.05, 4.69) is 15.9 Å². The molecule has 0 aliphatic rings. The molecule has 0 aromatic heterocycles. The summed E-state index contributed by atoms with van der Waals surface area (Å²) in [5.74, 6) is 0.412. The lowest BCUT2D eigenvalue weighted by atomic mass is 10.1. The number of hydrogen-bond acceptors (Lipinski definition) is 2. The number of ether oxygens (including phenoxy) is 1. The Balaban J connectivity index is 2.17. The molecular formula is C15H14BrFO2. The fourth-order valence-electron chi connectivity index (χ4n) is 1.86. The van der Waals surface area contributed by atoms with E-state index >= 15 is 0 Å². The molecular weight excluding hydrogens is 311 g/mol. The van der Waals surface area contributed by atoms with Crippen LogP contribution in [0.1, 0.15) is 16.7 Å². The minimum Gasteiger partial charge on any atom is -0.488 e. The maximum Gasteiger partial charge on any atom is 0.128 e. The minimum atomic E-state index is -0.264. The topological polar surface area (TPSA) is 29.5 Å². The summed E-state index contributed by atoms with van der Waals surface area (Å²) in [6.45, 7) is 2.18. The molecule has 0 aliphatic carbocycles. The molecule has 0 radical (unpaired) electrons. The highest BCUT2D eigenvalue weighted by atomic mass is 79.9. The third-order valence-electron chi connectivity index (χ3n) is 2.78. The summed E-state index contributed by atoms with van der Waals surface area (Å²) in [5, 5.41) is 9.35. The third kappa shape index (κ3) is 3.55. The fraction of sp³-hybridized carbons (Fsp3) is 0.200. The number of halogens is 2. The number of hydrogen-bond donors (Lipinski definition) is 1. The van der Waals surface area contributed by atoms with Crippen molar-refractivity contribution in [1.29, 1.82) is 0 Å². The molecule has 0 fully saturated rings.